The number of hydrogen-bond acceptors (Lipinski definition) is 3. The van der Waals surface area contributed by atoms with E-state index < -0.39 is 0 Å². The van der Waals surface area contributed by atoms with Gasteiger partial charge in [0.1, 0.15) is 0 Å². The maximum atomic E-state index is 4.07. The summed E-state index contributed by atoms with van der Waals surface area (Å²) in [6, 6.07) is 1.93. The first kappa shape index (κ1) is 5.70. The van der Waals surface area contributed by atoms with Crippen LogP contribution in [0.1, 0.15) is 0 Å². The number of aromatic nitrogens is 5. The van der Waals surface area contributed by atoms with Crippen LogP contribution in [0.15, 0.2) is 18.5 Å². The zero-order valence-corrected chi connectivity index (χ0v) is 6.02. The molecule has 3 rings (SSSR count). The number of nitrogens with one attached hydrogen (secondary N) is 1. The molecule has 3 aromatic heterocycles. The first-order chi connectivity index (χ1) is 5.95. The van der Waals surface area contributed by atoms with Gasteiger partial charge in [-0.1, -0.05) is 0 Å². The van der Waals surface area contributed by atoms with Gasteiger partial charge in [-0.15, -0.1) is 10.2 Å². The Morgan fingerprint density at radius 1 is 1.50 bits per heavy atom. The smallest absolute Gasteiger partial charge is 0.255 e. The largest absolute Gasteiger partial charge is 0.359 e. The third kappa shape index (κ3) is 0.554. The highest BCUT2D eigenvalue weighted by molar-refractivity contribution is 5.76. The molecule has 0 aromatic carbocycles. The Kier molecular flexibility index (Phi) is 0.864. The first-order valence-electron chi connectivity index (χ1n) is 3.50. The Balaban J connectivity index is 2.71. The molecule has 3 heterocycles. The van der Waals surface area contributed by atoms with Gasteiger partial charge in [-0.3, -0.25) is 4.40 Å². The van der Waals surface area contributed by atoms with Crippen LogP contribution in [0.4, 0.5) is 0 Å². The number of aromatic amines is 1. The summed E-state index contributed by atoms with van der Waals surface area (Å²) in [4.78, 5) is 7.11. The second kappa shape index (κ2) is 1.82. The van der Waals surface area contributed by atoms with E-state index in [1.165, 1.54) is 0 Å². The summed E-state index contributed by atoms with van der Waals surface area (Å²) in [5.41, 5.74) is 1.95. The number of hydrogen-bond donors (Lipinski definition) is 1. The molecular formula is C7H4N5. The lowest BCUT2D eigenvalue weighted by atomic mass is 10.4. The minimum absolute atomic E-state index is 0.571. The molecule has 0 aliphatic carbocycles. The Bertz CT molecular complexity index is 485. The number of H-pyrrole nitrogens is 1. The van der Waals surface area contributed by atoms with Gasteiger partial charge in [0.05, 0.1) is 17.2 Å². The molecule has 0 unspecified atom stereocenters. The Morgan fingerprint density at radius 2 is 2.50 bits per heavy atom. The van der Waals surface area contributed by atoms with Gasteiger partial charge in [0, 0.05) is 6.20 Å². The third-order valence-electron chi connectivity index (χ3n) is 1.79. The number of rotatable bonds is 0. The standard InChI is InChI=1S/C7H4N5/c1-2-8-5-3-9-7-11-10-4-12(7)6(1)5/h1-3,8H. The lowest BCUT2D eigenvalue weighted by Crippen LogP contribution is -1.87. The highest BCUT2D eigenvalue weighted by Crippen LogP contribution is 2.10. The maximum absolute atomic E-state index is 4.07. The van der Waals surface area contributed by atoms with Crippen molar-refractivity contribution >= 4 is 16.8 Å². The van der Waals surface area contributed by atoms with Crippen LogP contribution in [0.5, 0.6) is 0 Å². The van der Waals surface area contributed by atoms with E-state index in [1.54, 1.807) is 10.6 Å². The second-order valence-electron chi connectivity index (χ2n) is 2.47. The molecule has 57 valence electrons. The number of nitrogens with zero attached hydrogens (tertiary/aromatic N) is 4. The highest BCUT2D eigenvalue weighted by Gasteiger charge is 2.01. The monoisotopic (exact) mass is 158 g/mol. The van der Waals surface area contributed by atoms with Crippen LogP contribution in [-0.2, 0) is 0 Å². The summed E-state index contributed by atoms with van der Waals surface area (Å²) >= 11 is 0. The van der Waals surface area contributed by atoms with Crippen LogP contribution < -0.4 is 0 Å². The summed E-state index contributed by atoms with van der Waals surface area (Å²) < 4.78 is 1.71. The quantitative estimate of drug-likeness (QED) is 0.515. The van der Waals surface area contributed by atoms with Crippen molar-refractivity contribution in [2.75, 3.05) is 0 Å². The highest BCUT2D eigenvalue weighted by atomic mass is 15.3. The Morgan fingerprint density at radius 3 is 3.50 bits per heavy atom. The lowest BCUT2D eigenvalue weighted by molar-refractivity contribution is 1.09. The van der Waals surface area contributed by atoms with Gasteiger partial charge in [-0.05, 0) is 6.07 Å². The minimum atomic E-state index is 0.571. The molecule has 0 aliphatic heterocycles. The van der Waals surface area contributed by atoms with E-state index in [4.69, 9.17) is 0 Å². The molecule has 1 radical (unpaired) electrons. The van der Waals surface area contributed by atoms with Gasteiger partial charge >= 0.3 is 0 Å². The Hall–Kier alpha value is -1.91. The fourth-order valence-corrected chi connectivity index (χ4v) is 1.24. The summed E-state index contributed by atoms with van der Waals surface area (Å²) in [5.74, 6) is 0.571. The Labute approximate surface area is 67.1 Å². The predicted molar refractivity (Wildman–Crippen MR) is 41.5 cm³/mol. The van der Waals surface area contributed by atoms with Crippen LogP contribution in [-0.4, -0.2) is 24.6 Å². The van der Waals surface area contributed by atoms with Crippen molar-refractivity contribution in [2.24, 2.45) is 0 Å². The average molecular weight is 158 g/mol. The average Bonchev–Trinajstić information content (AvgIpc) is 2.71. The van der Waals surface area contributed by atoms with Crippen molar-refractivity contribution in [1.29, 1.82) is 0 Å². The molecule has 0 saturated carbocycles. The molecule has 0 amide bonds. The van der Waals surface area contributed by atoms with E-state index in [0.29, 0.717) is 5.78 Å². The zero-order valence-electron chi connectivity index (χ0n) is 6.02. The van der Waals surface area contributed by atoms with Crippen LogP contribution in [0.25, 0.3) is 16.8 Å². The summed E-state index contributed by atoms with van der Waals surface area (Å²) in [7, 11) is 0. The van der Waals surface area contributed by atoms with Crippen LogP contribution in [0.2, 0.25) is 0 Å². The molecule has 12 heavy (non-hydrogen) atoms. The molecule has 1 N–H and O–H groups in total. The predicted octanol–water partition coefficient (Wildman–Crippen LogP) is 0.406. The van der Waals surface area contributed by atoms with Gasteiger partial charge in [-0.25, -0.2) is 4.98 Å². The fourth-order valence-electron chi connectivity index (χ4n) is 1.24. The zero-order chi connectivity index (χ0) is 7.97. The molecule has 5 nitrogen and oxygen atoms in total. The van der Waals surface area contributed by atoms with E-state index >= 15 is 0 Å². The van der Waals surface area contributed by atoms with E-state index in [2.05, 4.69) is 26.5 Å². The topological polar surface area (TPSA) is 58.9 Å². The molecule has 3 aromatic rings. The van der Waals surface area contributed by atoms with Gasteiger partial charge < -0.3 is 4.98 Å². The van der Waals surface area contributed by atoms with Gasteiger partial charge in [0.15, 0.2) is 0 Å². The maximum Gasteiger partial charge on any atom is 0.255 e. The van der Waals surface area contributed by atoms with Crippen molar-refractivity contribution in [3.63, 3.8) is 0 Å². The van der Waals surface area contributed by atoms with E-state index in [0.717, 1.165) is 11.0 Å². The molecular weight excluding hydrogens is 154 g/mol. The van der Waals surface area contributed by atoms with Crippen molar-refractivity contribution in [3.05, 3.63) is 24.8 Å². The molecule has 0 atom stereocenters. The van der Waals surface area contributed by atoms with Crippen LogP contribution in [0.3, 0.4) is 0 Å². The SMILES string of the molecule is [c]1nnc2ncc3[nH]ccc3n12. The molecule has 0 saturated heterocycles. The van der Waals surface area contributed by atoms with Gasteiger partial charge in [0.2, 0.25) is 6.33 Å². The fraction of sp³-hybridized carbons (Fsp3) is 0. The van der Waals surface area contributed by atoms with Crippen molar-refractivity contribution < 1.29 is 0 Å². The lowest BCUT2D eigenvalue weighted by Gasteiger charge is -1.91. The van der Waals surface area contributed by atoms with Crippen molar-refractivity contribution in [1.82, 2.24) is 24.6 Å². The van der Waals surface area contributed by atoms with E-state index in [-0.39, 0.29) is 0 Å². The normalized spacial score (nSPS) is 11.3. The van der Waals surface area contributed by atoms with Crippen LogP contribution >= 0.6 is 0 Å². The van der Waals surface area contributed by atoms with Crippen molar-refractivity contribution in [2.45, 2.75) is 0 Å². The third-order valence-corrected chi connectivity index (χ3v) is 1.79. The van der Waals surface area contributed by atoms with Gasteiger partial charge in [-0.2, -0.15) is 0 Å². The summed E-state index contributed by atoms with van der Waals surface area (Å²) in [5, 5.41) is 7.42. The van der Waals surface area contributed by atoms with E-state index in [1.807, 2.05) is 12.3 Å². The molecule has 0 bridgehead atoms. The van der Waals surface area contributed by atoms with Gasteiger partial charge in [0.25, 0.3) is 5.78 Å². The minimum Gasteiger partial charge on any atom is -0.359 e. The second-order valence-corrected chi connectivity index (χ2v) is 2.47. The molecule has 5 heteroatoms. The first-order valence-corrected chi connectivity index (χ1v) is 3.50. The molecule has 0 fully saturated rings. The molecule has 0 aliphatic rings. The number of fused-ring (bicyclic) bond motifs is 3. The van der Waals surface area contributed by atoms with Crippen molar-refractivity contribution in [3.8, 4) is 0 Å². The summed E-state index contributed by atoms with van der Waals surface area (Å²) in [6.45, 7) is 0. The molecule has 0 spiro atoms. The van der Waals surface area contributed by atoms with E-state index in [9.17, 15) is 0 Å². The van der Waals surface area contributed by atoms with Crippen LogP contribution in [0, 0.1) is 6.33 Å². The summed E-state index contributed by atoms with van der Waals surface area (Å²) in [6.07, 6.45) is 6.30.